The van der Waals surface area contributed by atoms with Gasteiger partial charge in [0.1, 0.15) is 5.52 Å². The van der Waals surface area contributed by atoms with Crippen LogP contribution in [0.25, 0.3) is 11.0 Å². The second kappa shape index (κ2) is 4.14. The second-order valence-corrected chi connectivity index (χ2v) is 4.93. The molecule has 1 saturated carbocycles. The number of rotatable bonds is 4. The Morgan fingerprint density at radius 3 is 3.12 bits per heavy atom. The van der Waals surface area contributed by atoms with Gasteiger partial charge in [-0.1, -0.05) is 21.1 Å². The van der Waals surface area contributed by atoms with Gasteiger partial charge in [0, 0.05) is 4.47 Å². The summed E-state index contributed by atoms with van der Waals surface area (Å²) in [5.41, 5.74) is 1.98. The van der Waals surface area contributed by atoms with E-state index in [1.807, 2.05) is 22.9 Å². The first-order chi connectivity index (χ1) is 7.83. The zero-order valence-corrected chi connectivity index (χ0v) is 10.4. The lowest BCUT2D eigenvalue weighted by molar-refractivity contribution is 0.110. The second-order valence-electron chi connectivity index (χ2n) is 4.02. The minimum atomic E-state index is 0.504. The van der Waals surface area contributed by atoms with Crippen molar-refractivity contribution in [1.29, 1.82) is 0 Å². The van der Waals surface area contributed by atoms with Crippen LogP contribution in [0.2, 0.25) is 0 Å². The van der Waals surface area contributed by atoms with Crippen LogP contribution in [0.3, 0.4) is 0 Å². The van der Waals surface area contributed by atoms with Crippen LogP contribution in [-0.2, 0) is 11.3 Å². The quantitative estimate of drug-likeness (QED) is 0.864. The number of fused-ring (bicyclic) bond motifs is 1. The summed E-state index contributed by atoms with van der Waals surface area (Å²) in [6, 6.07) is 6.00. The maximum atomic E-state index is 5.60. The molecule has 4 nitrogen and oxygen atoms in total. The van der Waals surface area contributed by atoms with Crippen LogP contribution in [0.15, 0.2) is 22.7 Å². The van der Waals surface area contributed by atoms with E-state index in [0.29, 0.717) is 6.10 Å². The van der Waals surface area contributed by atoms with E-state index in [1.165, 1.54) is 12.8 Å². The van der Waals surface area contributed by atoms with E-state index < -0.39 is 0 Å². The van der Waals surface area contributed by atoms with Gasteiger partial charge in [-0.3, -0.25) is 0 Å². The molecule has 0 N–H and O–H groups in total. The van der Waals surface area contributed by atoms with Crippen molar-refractivity contribution in [2.45, 2.75) is 25.5 Å². The molecule has 0 unspecified atom stereocenters. The number of hydrogen-bond donors (Lipinski definition) is 0. The van der Waals surface area contributed by atoms with Gasteiger partial charge in [0.15, 0.2) is 0 Å². The summed E-state index contributed by atoms with van der Waals surface area (Å²) in [4.78, 5) is 0. The van der Waals surface area contributed by atoms with Crippen LogP contribution in [0.4, 0.5) is 0 Å². The van der Waals surface area contributed by atoms with Crippen molar-refractivity contribution in [1.82, 2.24) is 15.0 Å². The predicted molar refractivity (Wildman–Crippen MR) is 64.2 cm³/mol. The lowest BCUT2D eigenvalue weighted by Gasteiger charge is -2.02. The molecule has 1 aromatic carbocycles. The number of aromatic nitrogens is 3. The van der Waals surface area contributed by atoms with E-state index in [2.05, 4.69) is 26.2 Å². The van der Waals surface area contributed by atoms with E-state index in [4.69, 9.17) is 4.74 Å². The summed E-state index contributed by atoms with van der Waals surface area (Å²) in [7, 11) is 0. The van der Waals surface area contributed by atoms with Gasteiger partial charge in [-0.15, -0.1) is 5.10 Å². The lowest BCUT2D eigenvalue weighted by Crippen LogP contribution is -2.08. The standard InChI is InChI=1S/C11H12BrN3O/c12-8-1-4-11-10(7-8)13-14-15(11)5-6-16-9-2-3-9/h1,4,7,9H,2-3,5-6H2. The molecule has 0 saturated heterocycles. The molecular weight excluding hydrogens is 270 g/mol. The van der Waals surface area contributed by atoms with Crippen LogP contribution < -0.4 is 0 Å². The van der Waals surface area contributed by atoms with Gasteiger partial charge in [0.2, 0.25) is 0 Å². The number of hydrogen-bond acceptors (Lipinski definition) is 3. The fraction of sp³-hybridized carbons (Fsp3) is 0.455. The highest BCUT2D eigenvalue weighted by Gasteiger charge is 2.21. The highest BCUT2D eigenvalue weighted by Crippen LogP contribution is 2.23. The zero-order chi connectivity index (χ0) is 11.0. The van der Waals surface area contributed by atoms with Crippen molar-refractivity contribution >= 4 is 27.0 Å². The van der Waals surface area contributed by atoms with E-state index in [9.17, 15) is 0 Å². The largest absolute Gasteiger partial charge is 0.376 e. The minimum absolute atomic E-state index is 0.504. The van der Waals surface area contributed by atoms with Crippen molar-refractivity contribution in [3.63, 3.8) is 0 Å². The summed E-state index contributed by atoms with van der Waals surface area (Å²) < 4.78 is 8.52. The molecule has 2 aromatic rings. The number of nitrogens with zero attached hydrogens (tertiary/aromatic N) is 3. The van der Waals surface area contributed by atoms with E-state index >= 15 is 0 Å². The molecule has 1 fully saturated rings. The molecule has 0 aliphatic heterocycles. The Morgan fingerprint density at radius 1 is 1.44 bits per heavy atom. The molecule has 0 spiro atoms. The zero-order valence-electron chi connectivity index (χ0n) is 8.77. The van der Waals surface area contributed by atoms with Crippen molar-refractivity contribution in [2.75, 3.05) is 6.61 Å². The Balaban J connectivity index is 1.75. The summed E-state index contributed by atoms with van der Waals surface area (Å²) >= 11 is 3.42. The first-order valence-corrected chi connectivity index (χ1v) is 6.22. The highest BCUT2D eigenvalue weighted by molar-refractivity contribution is 9.10. The van der Waals surface area contributed by atoms with Gasteiger partial charge in [-0.2, -0.15) is 0 Å². The Kier molecular flexibility index (Phi) is 2.65. The summed E-state index contributed by atoms with van der Waals surface area (Å²) in [6.07, 6.45) is 2.93. The number of ether oxygens (including phenoxy) is 1. The topological polar surface area (TPSA) is 39.9 Å². The van der Waals surface area contributed by atoms with Gasteiger partial charge >= 0.3 is 0 Å². The number of benzene rings is 1. The summed E-state index contributed by atoms with van der Waals surface area (Å²) in [5, 5.41) is 8.24. The van der Waals surface area contributed by atoms with Crippen molar-refractivity contribution in [3.8, 4) is 0 Å². The van der Waals surface area contributed by atoms with Gasteiger partial charge in [0.05, 0.1) is 24.8 Å². The molecule has 0 atom stereocenters. The Bertz CT molecular complexity index is 507. The maximum Gasteiger partial charge on any atom is 0.114 e. The van der Waals surface area contributed by atoms with Crippen molar-refractivity contribution < 1.29 is 4.74 Å². The summed E-state index contributed by atoms with van der Waals surface area (Å²) in [6.45, 7) is 1.49. The Hall–Kier alpha value is -0.940. The third-order valence-corrected chi connectivity index (χ3v) is 3.15. The van der Waals surface area contributed by atoms with E-state index in [-0.39, 0.29) is 0 Å². The van der Waals surface area contributed by atoms with Crippen molar-refractivity contribution in [2.24, 2.45) is 0 Å². The molecule has 5 heteroatoms. The summed E-state index contributed by atoms with van der Waals surface area (Å²) in [5.74, 6) is 0. The monoisotopic (exact) mass is 281 g/mol. The lowest BCUT2D eigenvalue weighted by atomic mass is 10.3. The molecule has 0 amide bonds. The van der Waals surface area contributed by atoms with Gasteiger partial charge < -0.3 is 4.74 Å². The molecule has 0 radical (unpaired) electrons. The number of halogens is 1. The Labute approximate surface area is 102 Å². The predicted octanol–water partition coefficient (Wildman–Crippen LogP) is 2.37. The fourth-order valence-electron chi connectivity index (χ4n) is 1.65. The van der Waals surface area contributed by atoms with E-state index in [0.717, 1.165) is 28.7 Å². The molecule has 3 rings (SSSR count). The first kappa shape index (κ1) is 10.2. The highest BCUT2D eigenvalue weighted by atomic mass is 79.9. The molecule has 0 bridgehead atoms. The van der Waals surface area contributed by atoms with E-state index in [1.54, 1.807) is 0 Å². The van der Waals surface area contributed by atoms with Crippen LogP contribution in [0, 0.1) is 0 Å². The minimum Gasteiger partial charge on any atom is -0.376 e. The average molecular weight is 282 g/mol. The normalized spacial score (nSPS) is 15.8. The molecule has 1 aromatic heterocycles. The van der Waals surface area contributed by atoms with Crippen LogP contribution in [0.5, 0.6) is 0 Å². The average Bonchev–Trinajstić information content (AvgIpc) is 3.00. The van der Waals surface area contributed by atoms with Crippen LogP contribution in [-0.4, -0.2) is 27.7 Å². The molecule has 1 aliphatic carbocycles. The fourth-order valence-corrected chi connectivity index (χ4v) is 2.00. The van der Waals surface area contributed by atoms with Gasteiger partial charge in [-0.05, 0) is 31.0 Å². The SMILES string of the molecule is Brc1ccc2c(c1)nnn2CCOC1CC1. The third-order valence-electron chi connectivity index (χ3n) is 2.66. The smallest absolute Gasteiger partial charge is 0.114 e. The van der Waals surface area contributed by atoms with Gasteiger partial charge in [-0.25, -0.2) is 4.68 Å². The van der Waals surface area contributed by atoms with Gasteiger partial charge in [0.25, 0.3) is 0 Å². The molecule has 84 valence electrons. The Morgan fingerprint density at radius 2 is 2.31 bits per heavy atom. The van der Waals surface area contributed by atoms with Crippen molar-refractivity contribution in [3.05, 3.63) is 22.7 Å². The van der Waals surface area contributed by atoms with Crippen LogP contribution >= 0.6 is 15.9 Å². The molecular formula is C11H12BrN3O. The molecule has 1 aliphatic rings. The third kappa shape index (κ3) is 2.10. The molecule has 16 heavy (non-hydrogen) atoms. The van der Waals surface area contributed by atoms with Crippen LogP contribution in [0.1, 0.15) is 12.8 Å². The maximum absolute atomic E-state index is 5.60. The molecule has 1 heterocycles. The first-order valence-electron chi connectivity index (χ1n) is 5.43.